The van der Waals surface area contributed by atoms with Crippen molar-refractivity contribution in [3.05, 3.63) is 64.5 Å². The van der Waals surface area contributed by atoms with Crippen molar-refractivity contribution in [1.82, 2.24) is 19.4 Å². The number of fused-ring (bicyclic) bond motifs is 1. The number of amides is 1. The molecule has 1 amide bonds. The van der Waals surface area contributed by atoms with E-state index in [1.54, 1.807) is 23.1 Å². The number of carbonyl (C=O) groups excluding carboxylic acids is 1. The number of piperazine rings is 1. The Hall–Kier alpha value is -2.93. The first-order valence-corrected chi connectivity index (χ1v) is 10.1. The molecule has 2 aromatic heterocycles. The summed E-state index contributed by atoms with van der Waals surface area (Å²) in [6.07, 6.45) is 3.87. The van der Waals surface area contributed by atoms with Crippen LogP contribution in [0.3, 0.4) is 0 Å². The highest BCUT2D eigenvalue weighted by Gasteiger charge is 2.25. The average molecular weight is 394 g/mol. The highest BCUT2D eigenvalue weighted by molar-refractivity contribution is 5.96. The van der Waals surface area contributed by atoms with Crippen LogP contribution >= 0.6 is 0 Å². The summed E-state index contributed by atoms with van der Waals surface area (Å²) < 4.78 is 7.51. The highest BCUT2D eigenvalue weighted by Crippen LogP contribution is 2.15. The van der Waals surface area contributed by atoms with Gasteiger partial charge in [0.25, 0.3) is 5.91 Å². The van der Waals surface area contributed by atoms with E-state index in [0.29, 0.717) is 24.6 Å². The van der Waals surface area contributed by atoms with Gasteiger partial charge >= 0.3 is 5.63 Å². The molecule has 3 aromatic rings. The highest BCUT2D eigenvalue weighted by atomic mass is 16.4. The molecule has 1 fully saturated rings. The molecule has 1 aliphatic rings. The number of para-hydroxylation sites is 1. The zero-order valence-electron chi connectivity index (χ0n) is 16.9. The molecule has 1 saturated heterocycles. The van der Waals surface area contributed by atoms with E-state index in [2.05, 4.69) is 28.3 Å². The number of aromatic nitrogens is 2. The fraction of sp³-hybridized carbons (Fsp3) is 0.409. The first-order chi connectivity index (χ1) is 14.0. The van der Waals surface area contributed by atoms with Gasteiger partial charge in [-0.25, -0.2) is 9.78 Å². The van der Waals surface area contributed by atoms with Crippen molar-refractivity contribution < 1.29 is 9.21 Å². The lowest BCUT2D eigenvalue weighted by molar-refractivity contribution is 0.0629. The molecule has 0 N–H and O–H groups in total. The number of rotatable bonds is 5. The first-order valence-electron chi connectivity index (χ1n) is 10.1. The minimum Gasteiger partial charge on any atom is -0.422 e. The van der Waals surface area contributed by atoms with Crippen molar-refractivity contribution in [2.24, 2.45) is 0 Å². The Bertz CT molecular complexity index is 1060. The van der Waals surface area contributed by atoms with Crippen LogP contribution in [0.2, 0.25) is 0 Å². The SMILES string of the molecule is CC(C)c1nccn1CCN1CCN(C(=O)c2cc3ccccc3oc2=O)CC1. The zero-order chi connectivity index (χ0) is 20.4. The Kier molecular flexibility index (Phi) is 5.49. The van der Waals surface area contributed by atoms with Gasteiger partial charge in [0.15, 0.2) is 0 Å². The third kappa shape index (κ3) is 4.10. The Labute approximate surface area is 169 Å². The van der Waals surface area contributed by atoms with Crippen LogP contribution in [-0.4, -0.2) is 58.0 Å². The number of hydrogen-bond donors (Lipinski definition) is 0. The van der Waals surface area contributed by atoms with E-state index in [1.165, 1.54) is 0 Å². The molecule has 0 spiro atoms. The average Bonchev–Trinajstić information content (AvgIpc) is 3.21. The molecule has 0 atom stereocenters. The van der Waals surface area contributed by atoms with Gasteiger partial charge < -0.3 is 13.9 Å². The molecule has 0 radical (unpaired) electrons. The summed E-state index contributed by atoms with van der Waals surface area (Å²) in [6, 6.07) is 8.88. The molecule has 1 aromatic carbocycles. The van der Waals surface area contributed by atoms with Crippen LogP contribution in [0.1, 0.15) is 35.9 Å². The number of carbonyl (C=O) groups is 1. The summed E-state index contributed by atoms with van der Waals surface area (Å²) in [4.78, 5) is 33.7. The van der Waals surface area contributed by atoms with Crippen molar-refractivity contribution >= 4 is 16.9 Å². The van der Waals surface area contributed by atoms with Gasteiger partial charge in [0, 0.05) is 63.0 Å². The molecule has 0 unspecified atom stereocenters. The van der Waals surface area contributed by atoms with E-state index in [9.17, 15) is 9.59 Å². The molecule has 29 heavy (non-hydrogen) atoms. The van der Waals surface area contributed by atoms with Crippen LogP contribution in [0.5, 0.6) is 0 Å². The number of benzene rings is 1. The maximum Gasteiger partial charge on any atom is 0.349 e. The zero-order valence-corrected chi connectivity index (χ0v) is 16.9. The maximum atomic E-state index is 12.9. The number of imidazole rings is 1. The summed E-state index contributed by atoms with van der Waals surface area (Å²) in [5.74, 6) is 1.25. The lowest BCUT2D eigenvalue weighted by atomic mass is 10.1. The van der Waals surface area contributed by atoms with Crippen molar-refractivity contribution in [2.75, 3.05) is 32.7 Å². The summed E-state index contributed by atoms with van der Waals surface area (Å²) in [6.45, 7) is 8.87. The molecule has 0 bridgehead atoms. The molecule has 0 saturated carbocycles. The predicted octanol–water partition coefficient (Wildman–Crippen LogP) is 2.57. The molecule has 1 aliphatic heterocycles. The Balaban J connectivity index is 1.37. The van der Waals surface area contributed by atoms with Crippen LogP contribution in [0, 0.1) is 0 Å². The summed E-state index contributed by atoms with van der Waals surface area (Å²) in [5, 5.41) is 0.760. The topological polar surface area (TPSA) is 71.6 Å². The van der Waals surface area contributed by atoms with E-state index in [-0.39, 0.29) is 11.5 Å². The van der Waals surface area contributed by atoms with Gasteiger partial charge in [0.1, 0.15) is 17.0 Å². The normalized spacial score (nSPS) is 15.3. The van der Waals surface area contributed by atoms with Gasteiger partial charge in [-0.1, -0.05) is 32.0 Å². The molecule has 7 nitrogen and oxygen atoms in total. The van der Waals surface area contributed by atoms with E-state index in [1.807, 2.05) is 24.5 Å². The van der Waals surface area contributed by atoms with Gasteiger partial charge in [-0.15, -0.1) is 0 Å². The van der Waals surface area contributed by atoms with Crippen molar-refractivity contribution in [3.8, 4) is 0 Å². The molecule has 152 valence electrons. The van der Waals surface area contributed by atoms with Crippen molar-refractivity contribution in [3.63, 3.8) is 0 Å². The maximum absolute atomic E-state index is 12.9. The van der Waals surface area contributed by atoms with Crippen molar-refractivity contribution in [2.45, 2.75) is 26.3 Å². The monoisotopic (exact) mass is 394 g/mol. The first kappa shape index (κ1) is 19.4. The summed E-state index contributed by atoms with van der Waals surface area (Å²) in [7, 11) is 0. The van der Waals surface area contributed by atoms with Gasteiger partial charge in [0.05, 0.1) is 0 Å². The fourth-order valence-corrected chi connectivity index (χ4v) is 3.82. The largest absolute Gasteiger partial charge is 0.422 e. The van der Waals surface area contributed by atoms with E-state index in [4.69, 9.17) is 4.42 Å². The molecule has 7 heteroatoms. The molecule has 3 heterocycles. The summed E-state index contributed by atoms with van der Waals surface area (Å²) >= 11 is 0. The molecular formula is C22H26N4O3. The molecule has 4 rings (SSSR count). The predicted molar refractivity (Wildman–Crippen MR) is 111 cm³/mol. The van der Waals surface area contributed by atoms with Gasteiger partial charge in [-0.05, 0) is 12.1 Å². The molecular weight excluding hydrogens is 368 g/mol. The van der Waals surface area contributed by atoms with Gasteiger partial charge in [-0.2, -0.15) is 0 Å². The fourth-order valence-electron chi connectivity index (χ4n) is 3.82. The standard InChI is InChI=1S/C22H26N4O3/c1-16(2)20-23-7-8-25(20)12-9-24-10-13-26(14-11-24)21(27)18-15-17-5-3-4-6-19(17)29-22(18)28/h3-8,15-16H,9-14H2,1-2H3. The minimum atomic E-state index is -0.572. The van der Waals surface area contributed by atoms with E-state index < -0.39 is 5.63 Å². The number of hydrogen-bond acceptors (Lipinski definition) is 5. The Morgan fingerprint density at radius 2 is 1.90 bits per heavy atom. The second kappa shape index (κ2) is 8.21. The van der Waals surface area contributed by atoms with E-state index >= 15 is 0 Å². The van der Waals surface area contributed by atoms with Crippen LogP contribution in [0.15, 0.2) is 51.9 Å². The van der Waals surface area contributed by atoms with Crippen LogP contribution in [-0.2, 0) is 6.54 Å². The third-order valence-electron chi connectivity index (χ3n) is 5.45. The lowest BCUT2D eigenvalue weighted by Gasteiger charge is -2.34. The smallest absolute Gasteiger partial charge is 0.349 e. The van der Waals surface area contributed by atoms with Crippen molar-refractivity contribution in [1.29, 1.82) is 0 Å². The van der Waals surface area contributed by atoms with Gasteiger partial charge in [0.2, 0.25) is 0 Å². The quantitative estimate of drug-likeness (QED) is 0.622. The Morgan fingerprint density at radius 3 is 2.66 bits per heavy atom. The summed E-state index contributed by atoms with van der Waals surface area (Å²) in [5.41, 5.74) is 0.0359. The second-order valence-electron chi connectivity index (χ2n) is 7.75. The minimum absolute atomic E-state index is 0.108. The lowest BCUT2D eigenvalue weighted by Crippen LogP contribution is -2.50. The Morgan fingerprint density at radius 1 is 1.14 bits per heavy atom. The van der Waals surface area contributed by atoms with Crippen LogP contribution in [0.4, 0.5) is 0 Å². The number of nitrogens with zero attached hydrogens (tertiary/aromatic N) is 4. The van der Waals surface area contributed by atoms with Crippen LogP contribution in [0.25, 0.3) is 11.0 Å². The second-order valence-corrected chi connectivity index (χ2v) is 7.75. The van der Waals surface area contributed by atoms with E-state index in [0.717, 1.165) is 37.4 Å². The third-order valence-corrected chi connectivity index (χ3v) is 5.45. The molecule has 0 aliphatic carbocycles. The van der Waals surface area contributed by atoms with Gasteiger partial charge in [-0.3, -0.25) is 9.69 Å². The van der Waals surface area contributed by atoms with Crippen LogP contribution < -0.4 is 5.63 Å².